The number of hydrogen-bond acceptors (Lipinski definition) is 19. The number of phenols is 2. The van der Waals surface area contributed by atoms with Crippen LogP contribution < -0.4 is 64.2 Å². The van der Waals surface area contributed by atoms with Crippen LogP contribution in [-0.4, -0.2) is 248 Å². The molecule has 127 heavy (non-hydrogen) atoms. The number of unbranched alkanes of at least 4 members (excludes halogenated alkanes) is 1. The van der Waals surface area contributed by atoms with Gasteiger partial charge in [-0.1, -0.05) is 181 Å². The molecular formula is C91H114N16O19S. The third kappa shape index (κ3) is 31.2. The summed E-state index contributed by atoms with van der Waals surface area (Å²) in [6, 6.07) is 26.8. The average Bonchev–Trinajstić information content (AvgIpc) is 1.75. The number of aliphatic carboxylic acids is 1. The fraction of sp³-hybridized carbons (Fsp3) is 0.407. The van der Waals surface area contributed by atoms with Gasteiger partial charge >= 0.3 is 5.97 Å². The van der Waals surface area contributed by atoms with Gasteiger partial charge in [-0.05, 0) is 88.4 Å². The second kappa shape index (κ2) is 48.6. The molecule has 1 aliphatic heterocycles. The molecule has 0 saturated carbocycles. The molecule has 35 nitrogen and oxygen atoms in total. The summed E-state index contributed by atoms with van der Waals surface area (Å²) in [4.78, 5) is 239. The molecule has 8 rings (SSSR count). The lowest BCUT2D eigenvalue weighted by molar-refractivity contribution is -0.147. The van der Waals surface area contributed by atoms with E-state index in [-0.39, 0.29) is 74.5 Å². The van der Waals surface area contributed by atoms with Crippen molar-refractivity contribution < 1.29 is 92.0 Å². The van der Waals surface area contributed by atoms with E-state index in [1.807, 2.05) is 6.92 Å². The smallest absolute Gasteiger partial charge is 0.305 e. The van der Waals surface area contributed by atoms with Crippen LogP contribution in [0.2, 0.25) is 0 Å². The monoisotopic (exact) mass is 1770 g/mol. The Labute approximate surface area is 740 Å². The van der Waals surface area contributed by atoms with Crippen molar-refractivity contribution in [1.82, 2.24) is 78.2 Å². The first kappa shape index (κ1) is 98.8. The SMILES string of the molecule is CCCC[C@H]1C(=O)N(C)CC(=O)N[C@@H](CC(=O)O)C(=O)N[C@@H](C(C)C)C(=O)N[C@@H](Cc2ccccc2)C(=O)N[C@@H](Cc2ccc(O)cc2)C(=O)N(C)CC(=O)N[C@@H](Cc2c[nH]c3ccccc23)C(=O)N[C@@H](Cc2ccc(O)cc2)C(=O)N[C@@H](CC(C)C)C(=O)N[C@H](C(=O)NCC(N)=O)CSCC(=O)N[C@@H](Cc2ccccc2)C(=O)N[C@@H](Cc2ccccc2)C(=O)N1C. The van der Waals surface area contributed by atoms with Gasteiger partial charge in [-0.25, -0.2) is 0 Å². The second-order valence-electron chi connectivity index (χ2n) is 32.3. The Morgan fingerprint density at radius 1 is 0.465 bits per heavy atom. The largest absolute Gasteiger partial charge is 0.508 e. The lowest BCUT2D eigenvalue weighted by Gasteiger charge is -2.34. The molecule has 1 aliphatic rings. The molecule has 0 unspecified atom stereocenters. The number of fused-ring (bicyclic) bond motifs is 1. The van der Waals surface area contributed by atoms with Crippen LogP contribution in [-0.2, 0) is 115 Å². The number of para-hydroxylation sites is 1. The van der Waals surface area contributed by atoms with Gasteiger partial charge in [0.1, 0.15) is 78.0 Å². The predicted octanol–water partition coefficient (Wildman–Crippen LogP) is 1.64. The Hall–Kier alpha value is -13.7. The van der Waals surface area contributed by atoms with Crippen LogP contribution >= 0.6 is 11.8 Å². The standard InChI is InChI=1S/C91H114N16O19S/c1-9-10-30-74-91(126)106(7)50-77(112)96-70(46-79(114)115)87(122)104-80(54(4)5)88(123)100-68(41-56-24-16-12-17-25-56)85(120)101-71(44-59-33-37-62(109)38-34-59)89(124)105(6)49-76(111)95-69(45-60-47-93-64-29-21-20-28-63(60)64)86(121)99-67(42-58-31-35-61(108)36-32-58)84(119)98-65(39-53(2)3)82(117)103-73(81(116)94-48-75(92)110)51-127-52-78(113)97-66(40-55-22-14-11-15-23-55)83(118)102-72(90(125)107(74)8)43-57-26-18-13-19-27-57/h11-29,31-38,47,53-54,65-74,80,93,108-109H,9-10,30,39-46,48-52H2,1-8H3,(H2,92,110)(H,94,116)(H,95,111)(H,96,112)(H,97,113)(H,98,119)(H,99,121)(H,100,123)(H,101,120)(H,102,118)(H,103,117)(H,104,122)(H,114,115)/t65-,66-,67-,68-,69-,70-,71-,72-,73-,74-,80-/m0/s1. The number of nitrogens with two attached hydrogens (primary N) is 1. The van der Waals surface area contributed by atoms with E-state index in [1.165, 1.54) is 69.7 Å². The molecule has 6 aromatic carbocycles. The van der Waals surface area contributed by atoms with Gasteiger partial charge in [0, 0.05) is 82.5 Å². The number of carbonyl (C=O) groups excluding carboxylic acids is 15. The molecule has 2 heterocycles. The van der Waals surface area contributed by atoms with Gasteiger partial charge in [-0.3, -0.25) is 76.7 Å². The number of nitrogens with one attached hydrogen (secondary N) is 12. The number of phenolic OH excluding ortho intramolecular Hbond substituents is 2. The topological polar surface area (TPSA) is 518 Å². The number of carboxylic acids is 1. The first-order valence-corrected chi connectivity index (χ1v) is 43.0. The van der Waals surface area contributed by atoms with E-state index < -0.39 is 199 Å². The van der Waals surface area contributed by atoms with Gasteiger partial charge in [-0.2, -0.15) is 0 Å². The summed E-state index contributed by atoms with van der Waals surface area (Å²) in [7, 11) is 3.84. The van der Waals surface area contributed by atoms with E-state index in [1.54, 1.807) is 149 Å². The number of aromatic amines is 1. The summed E-state index contributed by atoms with van der Waals surface area (Å²) < 4.78 is 0. The minimum Gasteiger partial charge on any atom is -0.508 e. The van der Waals surface area contributed by atoms with Crippen LogP contribution in [0.15, 0.2) is 170 Å². The lowest BCUT2D eigenvalue weighted by atomic mass is 9.99. The maximum Gasteiger partial charge on any atom is 0.305 e. The third-order valence-corrected chi connectivity index (χ3v) is 22.2. The van der Waals surface area contributed by atoms with Crippen LogP contribution in [0.1, 0.15) is 100 Å². The summed E-state index contributed by atoms with van der Waals surface area (Å²) in [5.74, 6) is -17.8. The molecule has 11 atom stereocenters. The van der Waals surface area contributed by atoms with Crippen LogP contribution in [0.4, 0.5) is 0 Å². The number of aromatic nitrogens is 1. The van der Waals surface area contributed by atoms with Gasteiger partial charge in [0.05, 0.1) is 31.8 Å². The van der Waals surface area contributed by atoms with Crippen molar-refractivity contribution in [1.29, 1.82) is 0 Å². The number of likely N-dealkylation sites (N-methyl/N-ethyl adjacent to an activating group) is 3. The van der Waals surface area contributed by atoms with Gasteiger partial charge < -0.3 is 99.2 Å². The van der Waals surface area contributed by atoms with Gasteiger partial charge in [0.15, 0.2) is 0 Å². The highest BCUT2D eigenvalue weighted by Gasteiger charge is 2.40. The average molecular weight is 1770 g/mol. The Morgan fingerprint density at radius 2 is 0.874 bits per heavy atom. The fourth-order valence-electron chi connectivity index (χ4n) is 14.4. The van der Waals surface area contributed by atoms with Crippen molar-refractivity contribution in [2.24, 2.45) is 17.6 Å². The number of thioether (sulfide) groups is 1. The van der Waals surface area contributed by atoms with Crippen molar-refractivity contribution in [2.45, 2.75) is 172 Å². The molecule has 15 amide bonds. The summed E-state index contributed by atoms with van der Waals surface area (Å²) in [6.07, 6.45) is 0.0112. The zero-order chi connectivity index (χ0) is 92.6. The molecule has 1 fully saturated rings. The number of primary amides is 1. The Morgan fingerprint density at radius 3 is 1.36 bits per heavy atom. The third-order valence-electron chi connectivity index (χ3n) is 21.1. The van der Waals surface area contributed by atoms with Crippen molar-refractivity contribution in [3.8, 4) is 11.5 Å². The highest BCUT2D eigenvalue weighted by molar-refractivity contribution is 8.00. The molecule has 36 heteroatoms. The summed E-state index contributed by atoms with van der Waals surface area (Å²) >= 11 is 0.821. The van der Waals surface area contributed by atoms with Crippen LogP contribution in [0.25, 0.3) is 10.9 Å². The summed E-state index contributed by atoms with van der Waals surface area (Å²) in [5, 5.41) is 60.8. The fourth-order valence-corrected chi connectivity index (χ4v) is 15.3. The van der Waals surface area contributed by atoms with E-state index in [2.05, 4.69) is 63.5 Å². The van der Waals surface area contributed by atoms with E-state index in [0.717, 1.165) is 26.5 Å². The van der Waals surface area contributed by atoms with Crippen molar-refractivity contribution in [3.63, 3.8) is 0 Å². The number of aromatic hydroxyl groups is 2. The van der Waals surface area contributed by atoms with Crippen molar-refractivity contribution in [2.75, 3.05) is 52.3 Å². The number of rotatable bonds is 23. The maximum atomic E-state index is 15.3. The van der Waals surface area contributed by atoms with Crippen molar-refractivity contribution in [3.05, 3.63) is 203 Å². The molecule has 7 aromatic rings. The van der Waals surface area contributed by atoms with E-state index in [0.29, 0.717) is 57.1 Å². The molecule has 17 N–H and O–H groups in total. The number of hydrogen-bond donors (Lipinski definition) is 16. The van der Waals surface area contributed by atoms with Crippen LogP contribution in [0.3, 0.4) is 0 Å². The number of carboxylic acid groups (broad SMARTS) is 1. The number of H-pyrrole nitrogens is 1. The Bertz CT molecular complexity index is 4990. The van der Waals surface area contributed by atoms with Crippen molar-refractivity contribution >= 4 is 117 Å². The number of benzene rings is 6. The molecular weight excluding hydrogens is 1650 g/mol. The molecule has 1 saturated heterocycles. The van der Waals surface area contributed by atoms with Gasteiger partial charge in [0.2, 0.25) is 88.6 Å². The number of nitrogens with zero attached hydrogens (tertiary/aromatic N) is 3. The Balaban J connectivity index is 1.19. The predicted molar refractivity (Wildman–Crippen MR) is 473 cm³/mol. The van der Waals surface area contributed by atoms with Crippen LogP contribution in [0, 0.1) is 11.8 Å². The number of carbonyl (C=O) groups is 16. The molecule has 0 aliphatic carbocycles. The first-order chi connectivity index (χ1) is 60.5. The maximum absolute atomic E-state index is 15.3. The van der Waals surface area contributed by atoms with Crippen LogP contribution in [0.5, 0.6) is 11.5 Å². The van der Waals surface area contributed by atoms with Gasteiger partial charge in [-0.15, -0.1) is 11.8 Å². The quantitative estimate of drug-likeness (QED) is 0.0433. The zero-order valence-corrected chi connectivity index (χ0v) is 73.0. The molecule has 678 valence electrons. The lowest BCUT2D eigenvalue weighted by Crippen LogP contribution is -2.61. The highest BCUT2D eigenvalue weighted by atomic mass is 32.2. The minimum atomic E-state index is -1.91. The molecule has 1 aromatic heterocycles. The molecule has 0 spiro atoms. The second-order valence-corrected chi connectivity index (χ2v) is 33.3. The molecule has 0 bridgehead atoms. The first-order valence-electron chi connectivity index (χ1n) is 41.9. The zero-order valence-electron chi connectivity index (χ0n) is 72.2. The molecule has 0 radical (unpaired) electrons. The van der Waals surface area contributed by atoms with E-state index in [4.69, 9.17) is 5.73 Å². The normalized spacial score (nSPS) is 21.9. The summed E-state index contributed by atoms with van der Waals surface area (Å²) in [5.41, 5.74) is 9.04. The highest BCUT2D eigenvalue weighted by Crippen LogP contribution is 2.23. The summed E-state index contributed by atoms with van der Waals surface area (Å²) in [6.45, 7) is 6.11. The minimum absolute atomic E-state index is 0.0258. The van der Waals surface area contributed by atoms with E-state index in [9.17, 15) is 63.3 Å². The van der Waals surface area contributed by atoms with E-state index >= 15 is 28.8 Å². The Kier molecular flexibility index (Phi) is 37.8. The van der Waals surface area contributed by atoms with Gasteiger partial charge in [0.25, 0.3) is 0 Å². The number of amides is 15.